The van der Waals surface area contributed by atoms with Gasteiger partial charge in [-0.15, -0.1) is 10.2 Å². The lowest BCUT2D eigenvalue weighted by molar-refractivity contribution is -0.128. The largest absolute Gasteiger partial charge is 0.341 e. The highest BCUT2D eigenvalue weighted by molar-refractivity contribution is 7.99. The fraction of sp³-hybridized carbons (Fsp3) is 0.400. The molecule has 1 fully saturated rings. The first-order valence-corrected chi connectivity index (χ1v) is 11.5. The van der Waals surface area contributed by atoms with Crippen molar-refractivity contribution < 1.29 is 13.2 Å². The van der Waals surface area contributed by atoms with Crippen LogP contribution in [0.25, 0.3) is 11.4 Å². The molecule has 8 nitrogen and oxygen atoms in total. The number of nitrogens with zero attached hydrogens (tertiary/aromatic N) is 4. The molecule has 2 heterocycles. The maximum Gasteiger partial charge on any atom is 0.233 e. The van der Waals surface area contributed by atoms with Gasteiger partial charge >= 0.3 is 0 Å². The Morgan fingerprint density at radius 2 is 2.15 bits per heavy atom. The predicted octanol–water partition coefficient (Wildman–Crippen LogP) is 1.70. The zero-order valence-electron chi connectivity index (χ0n) is 14.3. The second-order valence-electron chi connectivity index (χ2n) is 6.15. The van der Waals surface area contributed by atoms with Crippen LogP contribution in [-0.2, 0) is 14.6 Å². The van der Waals surface area contributed by atoms with E-state index in [0.29, 0.717) is 33.0 Å². The van der Waals surface area contributed by atoms with Crippen LogP contribution in [0, 0.1) is 0 Å². The van der Waals surface area contributed by atoms with Gasteiger partial charge in [0.05, 0.1) is 22.3 Å². The second kappa shape index (κ2) is 7.86. The van der Waals surface area contributed by atoms with Gasteiger partial charge in [0.2, 0.25) is 11.1 Å². The van der Waals surface area contributed by atoms with E-state index in [9.17, 15) is 13.2 Å². The highest BCUT2D eigenvalue weighted by Gasteiger charge is 2.32. The van der Waals surface area contributed by atoms with E-state index < -0.39 is 9.84 Å². The fourth-order valence-corrected chi connectivity index (χ4v) is 5.79. The molecule has 0 aliphatic carbocycles. The number of rotatable bonds is 5. The van der Waals surface area contributed by atoms with E-state index in [1.807, 2.05) is 0 Å². The Labute approximate surface area is 170 Å². The average Bonchev–Trinajstić information content (AvgIpc) is 3.14. The summed E-state index contributed by atoms with van der Waals surface area (Å²) in [4.78, 5) is 13.8. The molecule has 1 aliphatic rings. The number of nitrogens with two attached hydrogens (primary N) is 1. The van der Waals surface area contributed by atoms with Gasteiger partial charge in [0, 0.05) is 23.7 Å². The number of amides is 1. The summed E-state index contributed by atoms with van der Waals surface area (Å²) in [5, 5.41) is 9.25. The van der Waals surface area contributed by atoms with Crippen molar-refractivity contribution in [2.75, 3.05) is 30.1 Å². The minimum absolute atomic E-state index is 0.00614. The van der Waals surface area contributed by atoms with E-state index in [1.165, 1.54) is 9.58 Å². The van der Waals surface area contributed by atoms with Crippen molar-refractivity contribution in [3.63, 3.8) is 0 Å². The van der Waals surface area contributed by atoms with Crippen molar-refractivity contribution in [3.8, 4) is 11.4 Å². The van der Waals surface area contributed by atoms with Crippen molar-refractivity contribution in [2.24, 2.45) is 0 Å². The molecule has 146 valence electrons. The van der Waals surface area contributed by atoms with Crippen LogP contribution in [0.2, 0.25) is 10.0 Å². The first-order valence-electron chi connectivity index (χ1n) is 7.93. The fourth-order valence-electron chi connectivity index (χ4n) is 2.74. The molecule has 1 unspecified atom stereocenters. The number of nitrogen functional groups attached to an aromatic ring is 1. The Morgan fingerprint density at radius 1 is 1.41 bits per heavy atom. The van der Waals surface area contributed by atoms with E-state index in [1.54, 1.807) is 25.2 Å². The van der Waals surface area contributed by atoms with Crippen LogP contribution in [-0.4, -0.2) is 64.4 Å². The number of aromatic nitrogens is 3. The van der Waals surface area contributed by atoms with Crippen LogP contribution in [0.15, 0.2) is 23.4 Å². The zero-order chi connectivity index (χ0) is 19.8. The van der Waals surface area contributed by atoms with Crippen molar-refractivity contribution in [3.05, 3.63) is 28.2 Å². The highest BCUT2D eigenvalue weighted by atomic mass is 35.5. The molecule has 0 radical (unpaired) electrons. The molecule has 27 heavy (non-hydrogen) atoms. The van der Waals surface area contributed by atoms with Crippen LogP contribution >= 0.6 is 35.0 Å². The summed E-state index contributed by atoms with van der Waals surface area (Å²) < 4.78 is 24.4. The third-order valence-corrected chi connectivity index (χ3v) is 7.54. The Bertz CT molecular complexity index is 980. The summed E-state index contributed by atoms with van der Waals surface area (Å²) in [7, 11) is -1.44. The third-order valence-electron chi connectivity index (χ3n) is 4.31. The van der Waals surface area contributed by atoms with Gasteiger partial charge in [0.15, 0.2) is 15.7 Å². The molecule has 12 heteroatoms. The Hall–Kier alpha value is -1.49. The minimum atomic E-state index is -3.05. The first kappa shape index (κ1) is 20.2. The molecular weight excluding hydrogens is 433 g/mol. The molecule has 0 bridgehead atoms. The molecular formula is C15H17Cl2N5O3S2. The Balaban J connectivity index is 1.67. The molecule has 1 aromatic carbocycles. The van der Waals surface area contributed by atoms with Crippen LogP contribution in [0.4, 0.5) is 0 Å². The molecule has 1 saturated heterocycles. The van der Waals surface area contributed by atoms with Crippen molar-refractivity contribution in [2.45, 2.75) is 17.6 Å². The van der Waals surface area contributed by atoms with Crippen LogP contribution < -0.4 is 5.84 Å². The smallest absolute Gasteiger partial charge is 0.233 e. The highest BCUT2D eigenvalue weighted by Crippen LogP contribution is 2.30. The number of sulfone groups is 1. The molecule has 1 amide bonds. The normalized spacial score (nSPS) is 18.6. The molecule has 0 spiro atoms. The van der Waals surface area contributed by atoms with Gasteiger partial charge in [-0.25, -0.2) is 13.1 Å². The predicted molar refractivity (Wildman–Crippen MR) is 106 cm³/mol. The first-order chi connectivity index (χ1) is 12.7. The summed E-state index contributed by atoms with van der Waals surface area (Å²) in [6.07, 6.45) is 0.460. The summed E-state index contributed by atoms with van der Waals surface area (Å²) >= 11 is 13.2. The summed E-state index contributed by atoms with van der Waals surface area (Å²) in [6.45, 7) is 0. The number of hydrogen-bond donors (Lipinski definition) is 1. The topological polar surface area (TPSA) is 111 Å². The van der Waals surface area contributed by atoms with Crippen LogP contribution in [0.1, 0.15) is 6.42 Å². The van der Waals surface area contributed by atoms with E-state index >= 15 is 0 Å². The number of thioether (sulfide) groups is 1. The van der Waals surface area contributed by atoms with E-state index in [-0.39, 0.29) is 29.2 Å². The number of hydrogen-bond acceptors (Lipinski definition) is 7. The Morgan fingerprint density at radius 3 is 2.78 bits per heavy atom. The van der Waals surface area contributed by atoms with Gasteiger partial charge in [-0.3, -0.25) is 4.79 Å². The monoisotopic (exact) mass is 449 g/mol. The molecule has 0 saturated carbocycles. The molecule has 2 N–H and O–H groups in total. The quantitative estimate of drug-likeness (QED) is 0.545. The number of benzene rings is 1. The number of carbonyl (C=O) groups excluding carboxylic acids is 1. The van der Waals surface area contributed by atoms with E-state index in [4.69, 9.17) is 29.0 Å². The van der Waals surface area contributed by atoms with Crippen molar-refractivity contribution >= 4 is 50.7 Å². The SMILES string of the molecule is CN(C(=O)CSc1nnc(-c2ccc(Cl)cc2Cl)n1N)C1CCS(=O)(=O)C1. The maximum absolute atomic E-state index is 12.4. The molecule has 1 aromatic heterocycles. The molecule has 2 aromatic rings. The minimum Gasteiger partial charge on any atom is -0.341 e. The van der Waals surface area contributed by atoms with Gasteiger partial charge in [-0.05, 0) is 24.6 Å². The zero-order valence-corrected chi connectivity index (χ0v) is 17.4. The maximum atomic E-state index is 12.4. The van der Waals surface area contributed by atoms with Gasteiger partial charge in [0.25, 0.3) is 0 Å². The second-order valence-corrected chi connectivity index (χ2v) is 10.2. The van der Waals surface area contributed by atoms with Crippen molar-refractivity contribution in [1.29, 1.82) is 0 Å². The van der Waals surface area contributed by atoms with Gasteiger partial charge in [0.1, 0.15) is 0 Å². The molecule has 3 rings (SSSR count). The third kappa shape index (κ3) is 4.50. The summed E-state index contributed by atoms with van der Waals surface area (Å²) in [6, 6.07) is 4.64. The lowest BCUT2D eigenvalue weighted by Crippen LogP contribution is -2.38. The van der Waals surface area contributed by atoms with Crippen molar-refractivity contribution in [1.82, 2.24) is 19.8 Å². The number of carbonyl (C=O) groups is 1. The summed E-state index contributed by atoms with van der Waals surface area (Å²) in [5.41, 5.74) is 0.572. The molecule has 1 aliphatic heterocycles. The standard InChI is InChI=1S/C15H17Cl2N5O3S2/c1-21(10-4-5-27(24,25)8-10)13(23)7-26-15-20-19-14(22(15)18)11-3-2-9(16)6-12(11)17/h2-3,6,10H,4-5,7-8,18H2,1H3. The van der Waals surface area contributed by atoms with Crippen LogP contribution in [0.3, 0.4) is 0 Å². The average molecular weight is 450 g/mol. The summed E-state index contributed by atoms with van der Waals surface area (Å²) in [5.74, 6) is 6.38. The lowest BCUT2D eigenvalue weighted by atomic mass is 10.2. The lowest BCUT2D eigenvalue weighted by Gasteiger charge is -2.23. The van der Waals surface area contributed by atoms with Gasteiger partial charge in [-0.2, -0.15) is 0 Å². The van der Waals surface area contributed by atoms with E-state index in [2.05, 4.69) is 10.2 Å². The van der Waals surface area contributed by atoms with Gasteiger partial charge in [-0.1, -0.05) is 35.0 Å². The van der Waals surface area contributed by atoms with Gasteiger partial charge < -0.3 is 10.7 Å². The Kier molecular flexibility index (Phi) is 5.90. The van der Waals surface area contributed by atoms with Crippen LogP contribution in [0.5, 0.6) is 0 Å². The number of halogens is 2. The molecule has 1 atom stereocenters. The van der Waals surface area contributed by atoms with E-state index in [0.717, 1.165) is 11.8 Å².